The molecule has 0 spiro atoms. The molecule has 0 bridgehead atoms. The van der Waals surface area contributed by atoms with Crippen LogP contribution in [0.25, 0.3) is 5.69 Å². The highest BCUT2D eigenvalue weighted by Crippen LogP contribution is 2.11. The number of hydrogen-bond acceptors (Lipinski definition) is 5. The Labute approximate surface area is 150 Å². The van der Waals surface area contributed by atoms with Gasteiger partial charge < -0.3 is 0 Å². The smallest absolute Gasteiger partial charge is 0.267 e. The molecule has 0 aliphatic carbocycles. The molecule has 24 heavy (non-hydrogen) atoms. The molecular formula is C15H11IN6O2. The van der Waals surface area contributed by atoms with Crippen LogP contribution in [0.15, 0.2) is 54.9 Å². The highest BCUT2D eigenvalue weighted by Gasteiger charge is 2.11. The largest absolute Gasteiger partial charge is 0.270 e. The summed E-state index contributed by atoms with van der Waals surface area (Å²) in [5.41, 5.74) is 6.40. The Morgan fingerprint density at radius 3 is 2.33 bits per heavy atom. The average Bonchev–Trinajstić information content (AvgIpc) is 3.14. The van der Waals surface area contributed by atoms with Gasteiger partial charge in [0.1, 0.15) is 6.33 Å². The van der Waals surface area contributed by atoms with E-state index in [2.05, 4.69) is 49.0 Å². The van der Waals surface area contributed by atoms with Crippen LogP contribution in [-0.4, -0.2) is 32.0 Å². The van der Waals surface area contributed by atoms with Crippen LogP contribution in [-0.2, 0) is 0 Å². The fourth-order valence-corrected chi connectivity index (χ4v) is 2.58. The summed E-state index contributed by atoms with van der Waals surface area (Å²) in [6.45, 7) is 0. The van der Waals surface area contributed by atoms with Gasteiger partial charge in [-0.05, 0) is 69.4 Å². The monoisotopic (exact) mass is 434 g/mol. The number of carbonyl (C=O) groups excluding carboxylic acids is 2. The van der Waals surface area contributed by atoms with Gasteiger partial charge in [0.2, 0.25) is 0 Å². The topological polar surface area (TPSA) is 102 Å². The van der Waals surface area contributed by atoms with E-state index < -0.39 is 5.91 Å². The third kappa shape index (κ3) is 3.56. The number of hydrazine groups is 1. The summed E-state index contributed by atoms with van der Waals surface area (Å²) < 4.78 is 2.27. The fourth-order valence-electron chi connectivity index (χ4n) is 1.94. The lowest BCUT2D eigenvalue weighted by atomic mass is 10.2. The Bertz CT molecular complexity index is 864. The predicted octanol–water partition coefficient (Wildman–Crippen LogP) is 1.34. The number of benzene rings is 2. The Kier molecular flexibility index (Phi) is 4.79. The van der Waals surface area contributed by atoms with Crippen LogP contribution in [0.4, 0.5) is 0 Å². The first-order chi connectivity index (χ1) is 11.6. The van der Waals surface area contributed by atoms with Crippen molar-refractivity contribution in [2.24, 2.45) is 0 Å². The van der Waals surface area contributed by atoms with Crippen LogP contribution in [0.5, 0.6) is 0 Å². The SMILES string of the molecule is O=C(NNC(=O)c1ccccc1I)c1ccc(-n2cnnn2)cc1. The molecule has 3 rings (SSSR count). The van der Waals surface area contributed by atoms with Crippen molar-refractivity contribution >= 4 is 34.4 Å². The van der Waals surface area contributed by atoms with E-state index in [4.69, 9.17) is 0 Å². The van der Waals surface area contributed by atoms with Crippen LogP contribution in [0.2, 0.25) is 0 Å². The second-order valence-corrected chi connectivity index (χ2v) is 5.85. The van der Waals surface area contributed by atoms with Gasteiger partial charge in [0.05, 0.1) is 11.3 Å². The summed E-state index contributed by atoms with van der Waals surface area (Å²) >= 11 is 2.06. The number of halogens is 1. The Morgan fingerprint density at radius 1 is 0.958 bits per heavy atom. The lowest BCUT2D eigenvalue weighted by Gasteiger charge is -2.09. The second-order valence-electron chi connectivity index (χ2n) is 4.69. The van der Waals surface area contributed by atoms with Crippen LogP contribution in [0.1, 0.15) is 20.7 Å². The predicted molar refractivity (Wildman–Crippen MR) is 93.2 cm³/mol. The standard InChI is InChI=1S/C15H11IN6O2/c16-13-4-2-1-3-12(13)15(24)19-18-14(23)10-5-7-11(8-6-10)22-9-17-20-21-22/h1-9H,(H,18,23)(H,19,24). The molecular weight excluding hydrogens is 423 g/mol. The van der Waals surface area contributed by atoms with E-state index >= 15 is 0 Å². The van der Waals surface area contributed by atoms with Gasteiger partial charge in [0.15, 0.2) is 0 Å². The zero-order valence-electron chi connectivity index (χ0n) is 12.2. The molecule has 120 valence electrons. The van der Waals surface area contributed by atoms with Crippen molar-refractivity contribution in [2.75, 3.05) is 0 Å². The number of nitrogens with one attached hydrogen (secondary N) is 2. The average molecular weight is 434 g/mol. The molecule has 2 aromatic carbocycles. The van der Waals surface area contributed by atoms with Gasteiger partial charge in [-0.1, -0.05) is 12.1 Å². The van der Waals surface area contributed by atoms with Crippen molar-refractivity contribution in [1.82, 2.24) is 31.1 Å². The molecule has 0 fully saturated rings. The van der Waals surface area contributed by atoms with Gasteiger partial charge in [-0.25, -0.2) is 4.68 Å². The quantitative estimate of drug-likeness (QED) is 0.479. The minimum Gasteiger partial charge on any atom is -0.267 e. The molecule has 3 aromatic rings. The van der Waals surface area contributed by atoms with Crippen LogP contribution in [0, 0.1) is 3.57 Å². The Balaban J connectivity index is 1.63. The molecule has 1 heterocycles. The fraction of sp³-hybridized carbons (Fsp3) is 0. The van der Waals surface area contributed by atoms with Crippen LogP contribution < -0.4 is 10.9 Å². The summed E-state index contributed by atoms with van der Waals surface area (Å²) in [7, 11) is 0. The molecule has 8 nitrogen and oxygen atoms in total. The van der Waals surface area contributed by atoms with Crippen molar-refractivity contribution in [3.63, 3.8) is 0 Å². The minimum atomic E-state index is -0.419. The minimum absolute atomic E-state index is 0.376. The van der Waals surface area contributed by atoms with Crippen LogP contribution in [0.3, 0.4) is 0 Å². The molecule has 0 atom stereocenters. The molecule has 0 unspecified atom stereocenters. The molecule has 0 radical (unpaired) electrons. The van der Waals surface area contributed by atoms with Crippen LogP contribution >= 0.6 is 22.6 Å². The second kappa shape index (κ2) is 7.17. The zero-order valence-corrected chi connectivity index (χ0v) is 14.3. The number of aromatic nitrogens is 4. The van der Waals surface area contributed by atoms with E-state index in [-0.39, 0.29) is 5.91 Å². The number of hydrogen-bond donors (Lipinski definition) is 2. The summed E-state index contributed by atoms with van der Waals surface area (Å²) in [6, 6.07) is 13.7. The Hall–Kier alpha value is -2.82. The highest BCUT2D eigenvalue weighted by molar-refractivity contribution is 14.1. The van der Waals surface area contributed by atoms with Gasteiger partial charge in [-0.3, -0.25) is 20.4 Å². The molecule has 1 aromatic heterocycles. The summed E-state index contributed by atoms with van der Waals surface area (Å²) in [5.74, 6) is -0.795. The maximum absolute atomic E-state index is 12.1. The summed E-state index contributed by atoms with van der Waals surface area (Å²) in [6.07, 6.45) is 1.46. The van der Waals surface area contributed by atoms with Gasteiger partial charge in [-0.2, -0.15) is 0 Å². The number of tetrazole rings is 1. The van der Waals surface area contributed by atoms with E-state index in [1.807, 2.05) is 12.1 Å². The van der Waals surface area contributed by atoms with Gasteiger partial charge in [-0.15, -0.1) is 5.10 Å². The number of amides is 2. The first-order valence-electron chi connectivity index (χ1n) is 6.84. The third-order valence-electron chi connectivity index (χ3n) is 3.15. The van der Waals surface area contributed by atoms with Crippen molar-refractivity contribution in [2.45, 2.75) is 0 Å². The van der Waals surface area contributed by atoms with E-state index in [1.54, 1.807) is 36.4 Å². The van der Waals surface area contributed by atoms with E-state index in [0.29, 0.717) is 11.1 Å². The molecule has 0 saturated heterocycles. The van der Waals surface area contributed by atoms with Gasteiger partial charge >= 0.3 is 0 Å². The molecule has 0 aliphatic heterocycles. The Morgan fingerprint density at radius 2 is 1.67 bits per heavy atom. The number of carbonyl (C=O) groups is 2. The van der Waals surface area contributed by atoms with Crippen molar-refractivity contribution in [3.05, 3.63) is 69.6 Å². The first kappa shape index (κ1) is 16.1. The zero-order chi connectivity index (χ0) is 16.9. The third-order valence-corrected chi connectivity index (χ3v) is 4.09. The maximum atomic E-state index is 12.1. The number of nitrogens with zero attached hydrogens (tertiary/aromatic N) is 4. The highest BCUT2D eigenvalue weighted by atomic mass is 127. The van der Waals surface area contributed by atoms with E-state index in [1.165, 1.54) is 11.0 Å². The normalized spacial score (nSPS) is 10.2. The summed E-state index contributed by atoms with van der Waals surface area (Å²) in [5, 5.41) is 10.9. The van der Waals surface area contributed by atoms with E-state index in [0.717, 1.165) is 9.26 Å². The molecule has 2 amide bonds. The molecule has 9 heteroatoms. The lowest BCUT2D eigenvalue weighted by Crippen LogP contribution is -2.41. The van der Waals surface area contributed by atoms with E-state index in [9.17, 15) is 9.59 Å². The van der Waals surface area contributed by atoms with Gasteiger partial charge in [0, 0.05) is 9.13 Å². The lowest BCUT2D eigenvalue weighted by molar-refractivity contribution is 0.0846. The molecule has 2 N–H and O–H groups in total. The number of rotatable bonds is 3. The van der Waals surface area contributed by atoms with Crippen molar-refractivity contribution in [3.8, 4) is 5.69 Å². The molecule has 0 saturated carbocycles. The van der Waals surface area contributed by atoms with Gasteiger partial charge in [0.25, 0.3) is 11.8 Å². The summed E-state index contributed by atoms with van der Waals surface area (Å²) in [4.78, 5) is 24.1. The first-order valence-corrected chi connectivity index (χ1v) is 7.91. The van der Waals surface area contributed by atoms with Crippen molar-refractivity contribution in [1.29, 1.82) is 0 Å². The molecule has 0 aliphatic rings. The van der Waals surface area contributed by atoms with Crippen molar-refractivity contribution < 1.29 is 9.59 Å². The maximum Gasteiger partial charge on any atom is 0.270 e.